The van der Waals surface area contributed by atoms with E-state index in [1.54, 1.807) is 0 Å². The number of anilines is 1. The number of likely N-dealkylation sites (N-methyl/N-ethyl adjacent to an activating group) is 1. The van der Waals surface area contributed by atoms with Crippen molar-refractivity contribution in [3.05, 3.63) is 52.7 Å². The van der Waals surface area contributed by atoms with Crippen LogP contribution in [-0.4, -0.2) is 29.6 Å². The highest BCUT2D eigenvalue weighted by Crippen LogP contribution is 2.20. The van der Waals surface area contributed by atoms with E-state index in [-0.39, 0.29) is 5.84 Å². The van der Waals surface area contributed by atoms with E-state index in [4.69, 9.17) is 11.1 Å². The number of aryl methyl sites for hydroxylation is 1. The summed E-state index contributed by atoms with van der Waals surface area (Å²) in [5, 5.41) is 16.2. The van der Waals surface area contributed by atoms with E-state index in [0.29, 0.717) is 11.4 Å². The number of nitrogens with zero attached hydrogens (tertiary/aromatic N) is 3. The Balaban J connectivity index is 2.21. The molecule has 0 radical (unpaired) electrons. The second-order valence-corrected chi connectivity index (χ2v) is 5.18. The molecule has 2 rings (SSSR count). The zero-order chi connectivity index (χ0) is 15.4. The average Bonchev–Trinajstić information content (AvgIpc) is 2.48. The third kappa shape index (κ3) is 3.37. The van der Waals surface area contributed by atoms with Crippen molar-refractivity contribution in [3.63, 3.8) is 0 Å². The van der Waals surface area contributed by atoms with Gasteiger partial charge in [0.15, 0.2) is 5.82 Å². The summed E-state index contributed by atoms with van der Waals surface area (Å²) >= 11 is 0. The summed E-state index contributed by atoms with van der Waals surface area (Å²) in [7, 11) is 1.95. The summed E-state index contributed by atoms with van der Waals surface area (Å²) in [4.78, 5) is 2.00. The molecule has 0 spiro atoms. The van der Waals surface area contributed by atoms with Crippen LogP contribution in [0.1, 0.15) is 22.4 Å². The predicted molar refractivity (Wildman–Crippen MR) is 85.9 cm³/mol. The molecule has 1 heterocycles. The molecule has 1 aromatic carbocycles. The lowest BCUT2D eigenvalue weighted by atomic mass is 10.1. The molecule has 0 unspecified atom stereocenters. The van der Waals surface area contributed by atoms with E-state index >= 15 is 0 Å². The summed E-state index contributed by atoms with van der Waals surface area (Å²) in [5.41, 5.74) is 9.39. The van der Waals surface area contributed by atoms with Crippen LogP contribution in [-0.2, 0) is 6.42 Å². The summed E-state index contributed by atoms with van der Waals surface area (Å²) in [6.07, 6.45) is 0.906. The standard InChI is InChI=1S/C16H21N5/c1-11-12(2)19-20-16(14(11)15(17)18)21(3)10-9-13-7-5-4-6-8-13/h4-8H,9-10H2,1-3H3,(H3,17,18). The third-order valence-corrected chi connectivity index (χ3v) is 3.65. The van der Waals surface area contributed by atoms with Gasteiger partial charge >= 0.3 is 0 Å². The molecule has 0 saturated heterocycles. The van der Waals surface area contributed by atoms with Crippen LogP contribution in [0.15, 0.2) is 30.3 Å². The van der Waals surface area contributed by atoms with Crippen LogP contribution in [0.5, 0.6) is 0 Å². The number of hydrogen-bond acceptors (Lipinski definition) is 4. The van der Waals surface area contributed by atoms with Crippen LogP contribution in [0.4, 0.5) is 5.82 Å². The van der Waals surface area contributed by atoms with Gasteiger partial charge in [-0.1, -0.05) is 30.3 Å². The molecule has 3 N–H and O–H groups in total. The van der Waals surface area contributed by atoms with Crippen LogP contribution < -0.4 is 10.6 Å². The number of rotatable bonds is 5. The molecule has 5 heteroatoms. The topological polar surface area (TPSA) is 78.9 Å². The first kappa shape index (κ1) is 15.0. The summed E-state index contributed by atoms with van der Waals surface area (Å²) in [6, 6.07) is 10.3. The van der Waals surface area contributed by atoms with Crippen LogP contribution in [0.25, 0.3) is 0 Å². The third-order valence-electron chi connectivity index (χ3n) is 3.65. The fourth-order valence-corrected chi connectivity index (χ4v) is 2.23. The molecule has 0 aliphatic heterocycles. The molecule has 21 heavy (non-hydrogen) atoms. The van der Waals surface area contributed by atoms with Gasteiger partial charge in [0.1, 0.15) is 5.84 Å². The minimum absolute atomic E-state index is 0.0343. The van der Waals surface area contributed by atoms with Gasteiger partial charge in [-0.05, 0) is 31.4 Å². The number of amidine groups is 1. The monoisotopic (exact) mass is 283 g/mol. The van der Waals surface area contributed by atoms with Gasteiger partial charge in [-0.15, -0.1) is 5.10 Å². The Bertz CT molecular complexity index is 637. The van der Waals surface area contributed by atoms with Crippen LogP contribution >= 0.6 is 0 Å². The maximum absolute atomic E-state index is 7.79. The second-order valence-electron chi connectivity index (χ2n) is 5.18. The summed E-state index contributed by atoms with van der Waals surface area (Å²) in [6.45, 7) is 4.60. The molecule has 0 bridgehead atoms. The lowest BCUT2D eigenvalue weighted by Gasteiger charge is -2.21. The lowest BCUT2D eigenvalue weighted by Crippen LogP contribution is -2.27. The zero-order valence-corrected chi connectivity index (χ0v) is 12.7. The van der Waals surface area contributed by atoms with Crippen LogP contribution in [0.3, 0.4) is 0 Å². The van der Waals surface area contributed by atoms with Crippen LogP contribution in [0, 0.1) is 19.3 Å². The lowest BCUT2D eigenvalue weighted by molar-refractivity contribution is 0.827. The number of nitrogens with one attached hydrogen (secondary N) is 1. The minimum atomic E-state index is 0.0343. The molecular formula is C16H21N5. The molecule has 0 fully saturated rings. The minimum Gasteiger partial charge on any atom is -0.384 e. The Kier molecular flexibility index (Phi) is 4.52. The van der Waals surface area contributed by atoms with Crippen molar-refractivity contribution in [3.8, 4) is 0 Å². The Morgan fingerprint density at radius 3 is 2.48 bits per heavy atom. The van der Waals surface area contributed by atoms with Gasteiger partial charge < -0.3 is 10.6 Å². The van der Waals surface area contributed by atoms with Gasteiger partial charge in [0.25, 0.3) is 0 Å². The number of hydrogen-bond donors (Lipinski definition) is 2. The van der Waals surface area contributed by atoms with Gasteiger partial charge in [0.05, 0.1) is 11.3 Å². The normalized spacial score (nSPS) is 10.4. The van der Waals surface area contributed by atoms with Gasteiger partial charge in [-0.3, -0.25) is 5.41 Å². The molecule has 1 aromatic heterocycles. The fraction of sp³-hybridized carbons (Fsp3) is 0.312. The van der Waals surface area contributed by atoms with Gasteiger partial charge in [0, 0.05) is 13.6 Å². The second kappa shape index (κ2) is 6.35. The van der Waals surface area contributed by atoms with E-state index in [1.807, 2.05) is 44.0 Å². The first-order chi connectivity index (χ1) is 10.0. The Labute approximate surface area is 125 Å². The molecular weight excluding hydrogens is 262 g/mol. The highest BCUT2D eigenvalue weighted by Gasteiger charge is 2.16. The molecule has 110 valence electrons. The van der Waals surface area contributed by atoms with E-state index in [1.165, 1.54) is 5.56 Å². The van der Waals surface area contributed by atoms with Crippen molar-refractivity contribution in [1.82, 2.24) is 10.2 Å². The van der Waals surface area contributed by atoms with Crippen molar-refractivity contribution in [2.24, 2.45) is 5.73 Å². The van der Waals surface area contributed by atoms with Crippen molar-refractivity contribution in [1.29, 1.82) is 5.41 Å². The molecule has 0 atom stereocenters. The van der Waals surface area contributed by atoms with Crippen molar-refractivity contribution in [2.45, 2.75) is 20.3 Å². The Morgan fingerprint density at radius 2 is 1.86 bits per heavy atom. The molecule has 0 aliphatic carbocycles. The number of nitrogens with two attached hydrogens (primary N) is 1. The first-order valence-electron chi connectivity index (χ1n) is 6.94. The quantitative estimate of drug-likeness (QED) is 0.650. The highest BCUT2D eigenvalue weighted by atomic mass is 15.2. The van der Waals surface area contributed by atoms with Crippen molar-refractivity contribution < 1.29 is 0 Å². The van der Waals surface area contributed by atoms with Crippen molar-refractivity contribution in [2.75, 3.05) is 18.5 Å². The van der Waals surface area contributed by atoms with E-state index in [2.05, 4.69) is 22.3 Å². The largest absolute Gasteiger partial charge is 0.384 e. The predicted octanol–water partition coefficient (Wildman–Crippen LogP) is 2.06. The molecule has 2 aromatic rings. The molecule has 0 aliphatic rings. The molecule has 5 nitrogen and oxygen atoms in total. The van der Waals surface area contributed by atoms with Gasteiger partial charge in [-0.2, -0.15) is 5.10 Å². The fourth-order valence-electron chi connectivity index (χ4n) is 2.23. The van der Waals surface area contributed by atoms with Gasteiger partial charge in [-0.25, -0.2) is 0 Å². The summed E-state index contributed by atoms with van der Waals surface area (Å²) < 4.78 is 0. The Hall–Kier alpha value is -2.43. The maximum Gasteiger partial charge on any atom is 0.162 e. The van der Waals surface area contributed by atoms with Gasteiger partial charge in [0.2, 0.25) is 0 Å². The van der Waals surface area contributed by atoms with E-state index in [0.717, 1.165) is 24.2 Å². The van der Waals surface area contributed by atoms with Crippen molar-refractivity contribution >= 4 is 11.7 Å². The maximum atomic E-state index is 7.79. The van der Waals surface area contributed by atoms with Crippen LogP contribution in [0.2, 0.25) is 0 Å². The highest BCUT2D eigenvalue weighted by molar-refractivity contribution is 6.01. The molecule has 0 amide bonds. The zero-order valence-electron chi connectivity index (χ0n) is 12.7. The average molecular weight is 283 g/mol. The number of aromatic nitrogens is 2. The summed E-state index contributed by atoms with van der Waals surface area (Å²) in [5.74, 6) is 0.702. The number of benzene rings is 1. The smallest absolute Gasteiger partial charge is 0.162 e. The Morgan fingerprint density at radius 1 is 1.19 bits per heavy atom. The first-order valence-corrected chi connectivity index (χ1v) is 6.94. The van der Waals surface area contributed by atoms with E-state index in [9.17, 15) is 0 Å². The van der Waals surface area contributed by atoms with E-state index < -0.39 is 0 Å². The molecule has 0 saturated carbocycles. The number of nitrogen functional groups attached to an aromatic ring is 1. The SMILES string of the molecule is Cc1nnc(N(C)CCc2ccccc2)c(C(=N)N)c1C.